The predicted octanol–water partition coefficient (Wildman–Crippen LogP) is 2.48. The minimum Gasteiger partial charge on any atom is -0.388 e. The van der Waals surface area contributed by atoms with E-state index in [9.17, 15) is 5.11 Å². The first-order valence-corrected chi connectivity index (χ1v) is 7.24. The largest absolute Gasteiger partial charge is 0.388 e. The highest BCUT2D eigenvalue weighted by Crippen LogP contribution is 2.38. The van der Waals surface area contributed by atoms with Crippen molar-refractivity contribution in [1.29, 1.82) is 0 Å². The number of aliphatic hydroxyl groups is 1. The first kappa shape index (κ1) is 14.4. The van der Waals surface area contributed by atoms with E-state index in [0.29, 0.717) is 6.54 Å². The molecule has 0 bridgehead atoms. The normalized spacial score (nSPS) is 19.7. The Labute approximate surface area is 116 Å². The van der Waals surface area contributed by atoms with Crippen LogP contribution < -0.4 is 10.6 Å². The van der Waals surface area contributed by atoms with Gasteiger partial charge in [0, 0.05) is 31.2 Å². The van der Waals surface area contributed by atoms with E-state index in [1.807, 2.05) is 0 Å². The fourth-order valence-electron chi connectivity index (χ4n) is 2.83. The molecule has 3 N–H and O–H groups in total. The van der Waals surface area contributed by atoms with Crippen LogP contribution in [0.4, 0.5) is 5.69 Å². The molecule has 2 rings (SSSR count). The quantitative estimate of drug-likeness (QED) is 0.876. The van der Waals surface area contributed by atoms with Crippen molar-refractivity contribution in [2.75, 3.05) is 25.0 Å². The lowest BCUT2D eigenvalue weighted by atomic mass is 9.78. The van der Waals surface area contributed by atoms with Gasteiger partial charge in [-0.25, -0.2) is 0 Å². The number of anilines is 1. The summed E-state index contributed by atoms with van der Waals surface area (Å²) in [7, 11) is 2.13. The first-order valence-electron chi connectivity index (χ1n) is 7.24. The van der Waals surface area contributed by atoms with Crippen molar-refractivity contribution in [1.82, 2.24) is 0 Å². The fraction of sp³-hybridized carbons (Fsp3) is 0.625. The van der Waals surface area contributed by atoms with Crippen LogP contribution in [0.1, 0.15) is 43.9 Å². The summed E-state index contributed by atoms with van der Waals surface area (Å²) in [5, 5.41) is 10.6. The molecule has 19 heavy (non-hydrogen) atoms. The summed E-state index contributed by atoms with van der Waals surface area (Å²) in [5.41, 5.74) is 9.26. The molecule has 1 heterocycles. The van der Waals surface area contributed by atoms with Crippen LogP contribution in [-0.2, 0) is 6.42 Å². The Hall–Kier alpha value is -1.06. The van der Waals surface area contributed by atoms with Gasteiger partial charge in [0.25, 0.3) is 0 Å². The SMILES string of the molecule is CCC(C)(CN)C(O)c1ccc2c(c1)CCCN2C. The molecule has 3 nitrogen and oxygen atoms in total. The molecule has 1 aliphatic heterocycles. The fourth-order valence-corrected chi connectivity index (χ4v) is 2.83. The van der Waals surface area contributed by atoms with Gasteiger partial charge in [-0.15, -0.1) is 0 Å². The summed E-state index contributed by atoms with van der Waals surface area (Å²) in [6.07, 6.45) is 2.68. The van der Waals surface area contributed by atoms with Gasteiger partial charge in [-0.1, -0.05) is 26.0 Å². The van der Waals surface area contributed by atoms with Crippen LogP contribution in [0.15, 0.2) is 18.2 Å². The van der Waals surface area contributed by atoms with Gasteiger partial charge in [-0.2, -0.15) is 0 Å². The number of hydrogen-bond acceptors (Lipinski definition) is 3. The summed E-state index contributed by atoms with van der Waals surface area (Å²) >= 11 is 0. The van der Waals surface area contributed by atoms with Crippen molar-refractivity contribution < 1.29 is 5.11 Å². The third kappa shape index (κ3) is 2.63. The highest BCUT2D eigenvalue weighted by atomic mass is 16.3. The second kappa shape index (κ2) is 5.51. The van der Waals surface area contributed by atoms with E-state index < -0.39 is 6.10 Å². The third-order valence-electron chi connectivity index (χ3n) is 4.70. The minimum atomic E-state index is -0.486. The number of rotatable bonds is 4. The van der Waals surface area contributed by atoms with Crippen molar-refractivity contribution in [3.05, 3.63) is 29.3 Å². The molecule has 0 spiro atoms. The van der Waals surface area contributed by atoms with Gasteiger partial charge in [0.1, 0.15) is 0 Å². The van der Waals surface area contributed by atoms with Crippen LogP contribution in [0.25, 0.3) is 0 Å². The first-order chi connectivity index (χ1) is 9.01. The Balaban J connectivity index is 2.32. The molecule has 1 aromatic rings. The lowest BCUT2D eigenvalue weighted by Crippen LogP contribution is -2.33. The zero-order chi connectivity index (χ0) is 14.0. The summed E-state index contributed by atoms with van der Waals surface area (Å²) in [6.45, 7) is 5.76. The second-order valence-electron chi connectivity index (χ2n) is 6.03. The van der Waals surface area contributed by atoms with Gasteiger partial charge >= 0.3 is 0 Å². The molecule has 1 aromatic carbocycles. The minimum absolute atomic E-state index is 0.241. The van der Waals surface area contributed by atoms with Crippen LogP contribution in [0.3, 0.4) is 0 Å². The van der Waals surface area contributed by atoms with E-state index in [4.69, 9.17) is 5.73 Å². The zero-order valence-electron chi connectivity index (χ0n) is 12.3. The summed E-state index contributed by atoms with van der Waals surface area (Å²) in [6, 6.07) is 6.35. The van der Waals surface area contributed by atoms with E-state index in [2.05, 4.69) is 44.0 Å². The number of nitrogens with two attached hydrogens (primary N) is 1. The van der Waals surface area contributed by atoms with E-state index in [1.165, 1.54) is 17.7 Å². The lowest BCUT2D eigenvalue weighted by molar-refractivity contribution is 0.0391. The van der Waals surface area contributed by atoms with Crippen LogP contribution in [0.5, 0.6) is 0 Å². The number of aliphatic hydroxyl groups excluding tert-OH is 1. The molecule has 0 aliphatic carbocycles. The maximum Gasteiger partial charge on any atom is 0.0855 e. The third-order valence-corrected chi connectivity index (χ3v) is 4.70. The Morgan fingerprint density at radius 2 is 2.21 bits per heavy atom. The smallest absolute Gasteiger partial charge is 0.0855 e. The number of nitrogens with zero attached hydrogens (tertiary/aromatic N) is 1. The average molecular weight is 262 g/mol. The Morgan fingerprint density at radius 3 is 2.84 bits per heavy atom. The van der Waals surface area contributed by atoms with Gasteiger partial charge in [0.15, 0.2) is 0 Å². The molecule has 2 atom stereocenters. The number of aryl methyl sites for hydroxylation is 1. The summed E-state index contributed by atoms with van der Waals surface area (Å²) in [5.74, 6) is 0. The molecule has 2 unspecified atom stereocenters. The maximum absolute atomic E-state index is 10.6. The second-order valence-corrected chi connectivity index (χ2v) is 6.03. The molecule has 0 saturated carbocycles. The van der Waals surface area contributed by atoms with E-state index >= 15 is 0 Å². The van der Waals surface area contributed by atoms with Crippen molar-refractivity contribution >= 4 is 5.69 Å². The van der Waals surface area contributed by atoms with Crippen LogP contribution >= 0.6 is 0 Å². The molecule has 0 saturated heterocycles. The highest BCUT2D eigenvalue weighted by molar-refractivity contribution is 5.56. The molecule has 0 radical (unpaired) electrons. The molecule has 0 amide bonds. The Morgan fingerprint density at radius 1 is 1.47 bits per heavy atom. The highest BCUT2D eigenvalue weighted by Gasteiger charge is 2.31. The van der Waals surface area contributed by atoms with Crippen LogP contribution in [0.2, 0.25) is 0 Å². The zero-order valence-corrected chi connectivity index (χ0v) is 12.3. The topological polar surface area (TPSA) is 49.5 Å². The van der Waals surface area contributed by atoms with E-state index in [0.717, 1.165) is 24.9 Å². The Bertz CT molecular complexity index is 440. The van der Waals surface area contributed by atoms with Gasteiger partial charge < -0.3 is 15.7 Å². The number of benzene rings is 1. The monoisotopic (exact) mass is 262 g/mol. The van der Waals surface area contributed by atoms with Crippen LogP contribution in [0, 0.1) is 5.41 Å². The lowest BCUT2D eigenvalue weighted by Gasteiger charge is -2.34. The van der Waals surface area contributed by atoms with E-state index in [-0.39, 0.29) is 5.41 Å². The molecule has 0 aromatic heterocycles. The van der Waals surface area contributed by atoms with Gasteiger partial charge in [-0.05, 0) is 36.5 Å². The standard InChI is InChI=1S/C16H26N2O/c1-4-16(2,11-17)15(19)13-7-8-14-12(10-13)6-5-9-18(14)3/h7-8,10,15,19H,4-6,9,11,17H2,1-3H3. The van der Waals surface area contributed by atoms with Crippen molar-refractivity contribution in [2.45, 2.75) is 39.2 Å². The van der Waals surface area contributed by atoms with Gasteiger partial charge in [0.2, 0.25) is 0 Å². The summed E-state index contributed by atoms with van der Waals surface area (Å²) in [4.78, 5) is 2.29. The molecule has 1 aliphatic rings. The average Bonchev–Trinajstić information content (AvgIpc) is 2.45. The Kier molecular flexibility index (Phi) is 4.16. The van der Waals surface area contributed by atoms with Gasteiger partial charge in [0.05, 0.1) is 6.10 Å². The predicted molar refractivity (Wildman–Crippen MR) is 80.4 cm³/mol. The number of hydrogen-bond donors (Lipinski definition) is 2. The van der Waals surface area contributed by atoms with Crippen LogP contribution in [-0.4, -0.2) is 25.2 Å². The molecule has 106 valence electrons. The van der Waals surface area contributed by atoms with E-state index in [1.54, 1.807) is 0 Å². The molecular formula is C16H26N2O. The van der Waals surface area contributed by atoms with Crippen molar-refractivity contribution in [3.63, 3.8) is 0 Å². The molecule has 0 fully saturated rings. The van der Waals surface area contributed by atoms with Crippen molar-refractivity contribution in [2.24, 2.45) is 11.1 Å². The number of fused-ring (bicyclic) bond motifs is 1. The molecular weight excluding hydrogens is 236 g/mol. The molecule has 3 heteroatoms. The summed E-state index contributed by atoms with van der Waals surface area (Å²) < 4.78 is 0. The maximum atomic E-state index is 10.6. The van der Waals surface area contributed by atoms with Crippen molar-refractivity contribution in [3.8, 4) is 0 Å². The van der Waals surface area contributed by atoms with Gasteiger partial charge in [-0.3, -0.25) is 0 Å².